The summed E-state index contributed by atoms with van der Waals surface area (Å²) in [7, 11) is 0. The molecule has 0 aliphatic carbocycles. The smallest absolute Gasteiger partial charge is 0.254 e. The van der Waals surface area contributed by atoms with E-state index in [1.54, 1.807) is 0 Å². The van der Waals surface area contributed by atoms with Crippen molar-refractivity contribution in [2.24, 2.45) is 11.7 Å². The van der Waals surface area contributed by atoms with Crippen LogP contribution < -0.4 is 16.1 Å². The topological polar surface area (TPSA) is 101 Å². The average Bonchev–Trinajstić information content (AvgIpc) is 3.46. The second-order valence-corrected chi connectivity index (χ2v) is 9.46. The number of nitrogens with two attached hydrogens (primary N) is 1. The number of aryl methyl sites for hydroxylation is 1. The number of nitrogens with one attached hydrogen (secondary N) is 1. The quantitative estimate of drug-likeness (QED) is 0.766. The normalized spacial score (nSPS) is 31.7. The molecule has 3 unspecified atom stereocenters. The van der Waals surface area contributed by atoms with Crippen molar-refractivity contribution in [3.8, 4) is 0 Å². The van der Waals surface area contributed by atoms with Crippen LogP contribution in [0.4, 0.5) is 5.82 Å². The van der Waals surface area contributed by atoms with Gasteiger partial charge in [0, 0.05) is 55.5 Å². The minimum Gasteiger partial charge on any atom is -0.355 e. The summed E-state index contributed by atoms with van der Waals surface area (Å²) in [6.45, 7) is 8.69. The first-order valence-corrected chi connectivity index (χ1v) is 11.5. The van der Waals surface area contributed by atoms with Crippen molar-refractivity contribution in [3.05, 3.63) is 23.5 Å². The van der Waals surface area contributed by atoms with Crippen LogP contribution in [-0.2, 0) is 9.63 Å². The molecule has 2 aromatic rings. The van der Waals surface area contributed by atoms with Gasteiger partial charge in [0.15, 0.2) is 11.8 Å². The van der Waals surface area contributed by atoms with Crippen molar-refractivity contribution < 1.29 is 9.63 Å². The zero-order valence-electron chi connectivity index (χ0n) is 18.6. The predicted molar refractivity (Wildman–Crippen MR) is 117 cm³/mol. The van der Waals surface area contributed by atoms with E-state index in [-0.39, 0.29) is 30.0 Å². The van der Waals surface area contributed by atoms with Gasteiger partial charge >= 0.3 is 0 Å². The summed E-state index contributed by atoms with van der Waals surface area (Å²) in [4.78, 5) is 28.1. The van der Waals surface area contributed by atoms with Gasteiger partial charge in [0.2, 0.25) is 0 Å². The summed E-state index contributed by atoms with van der Waals surface area (Å²) in [6.07, 6.45) is 5.59. The molecule has 3 saturated heterocycles. The highest BCUT2D eigenvalue weighted by Gasteiger charge is 2.42. The molecule has 168 valence electrons. The lowest BCUT2D eigenvalue weighted by Gasteiger charge is -2.36. The fourth-order valence-electron chi connectivity index (χ4n) is 5.08. The van der Waals surface area contributed by atoms with Crippen molar-refractivity contribution in [3.63, 3.8) is 0 Å². The van der Waals surface area contributed by atoms with Crippen LogP contribution in [-0.4, -0.2) is 63.2 Å². The standard InChI is InChI=1S/C22H33N7O2/c1-13-11-29-19(24-21(13)27-9-7-16(23)12-27)10-17(25-29)18-6-4-5-8-28(18)22(30)20-14(2)15(3)26-31-20/h10-11,14-16,18,20,26H,4-9,12,23H2,1-3H3/t14?,15?,16-,18-,20?/m0/s1. The van der Waals surface area contributed by atoms with Crippen LogP contribution in [0.5, 0.6) is 0 Å². The Bertz CT molecular complexity index is 976. The molecule has 0 aromatic carbocycles. The van der Waals surface area contributed by atoms with Gasteiger partial charge in [-0.2, -0.15) is 10.6 Å². The molecule has 0 radical (unpaired) electrons. The maximum Gasteiger partial charge on any atom is 0.254 e. The first-order chi connectivity index (χ1) is 14.9. The van der Waals surface area contributed by atoms with Crippen LogP contribution in [0.2, 0.25) is 0 Å². The molecule has 3 aliphatic heterocycles. The number of carbonyl (C=O) groups is 1. The molecular formula is C22H33N7O2. The fourth-order valence-corrected chi connectivity index (χ4v) is 5.08. The van der Waals surface area contributed by atoms with Gasteiger partial charge in [-0.3, -0.25) is 9.63 Å². The van der Waals surface area contributed by atoms with Gasteiger partial charge in [-0.1, -0.05) is 6.92 Å². The third-order valence-electron chi connectivity index (χ3n) is 7.17. The molecule has 3 N–H and O–H groups in total. The van der Waals surface area contributed by atoms with E-state index >= 15 is 0 Å². The summed E-state index contributed by atoms with van der Waals surface area (Å²) in [5.41, 5.74) is 11.9. The Morgan fingerprint density at radius 1 is 1.26 bits per heavy atom. The highest BCUT2D eigenvalue weighted by atomic mass is 16.7. The van der Waals surface area contributed by atoms with Crippen molar-refractivity contribution in [2.75, 3.05) is 24.5 Å². The van der Waals surface area contributed by atoms with E-state index in [0.717, 1.165) is 68.0 Å². The van der Waals surface area contributed by atoms with Crippen molar-refractivity contribution in [1.82, 2.24) is 25.0 Å². The number of nitrogens with zero attached hydrogens (tertiary/aromatic N) is 5. The highest BCUT2D eigenvalue weighted by molar-refractivity contribution is 5.82. The van der Waals surface area contributed by atoms with Crippen LogP contribution >= 0.6 is 0 Å². The molecular weight excluding hydrogens is 394 g/mol. The Hall–Kier alpha value is -2.23. The number of amides is 1. The largest absolute Gasteiger partial charge is 0.355 e. The highest BCUT2D eigenvalue weighted by Crippen LogP contribution is 2.34. The van der Waals surface area contributed by atoms with Crippen LogP contribution in [0, 0.1) is 12.8 Å². The van der Waals surface area contributed by atoms with Gasteiger partial charge < -0.3 is 15.5 Å². The second-order valence-electron chi connectivity index (χ2n) is 9.46. The molecule has 3 fully saturated rings. The number of hydroxylamine groups is 1. The Balaban J connectivity index is 1.43. The monoisotopic (exact) mass is 427 g/mol. The zero-order valence-corrected chi connectivity index (χ0v) is 18.6. The summed E-state index contributed by atoms with van der Waals surface area (Å²) in [5.74, 6) is 1.17. The number of hydrogen-bond acceptors (Lipinski definition) is 7. The van der Waals surface area contributed by atoms with E-state index in [1.807, 2.05) is 28.6 Å². The zero-order chi connectivity index (χ0) is 21.7. The second kappa shape index (κ2) is 8.03. The summed E-state index contributed by atoms with van der Waals surface area (Å²) in [5, 5.41) is 4.83. The van der Waals surface area contributed by atoms with E-state index in [1.165, 1.54) is 0 Å². The van der Waals surface area contributed by atoms with Crippen LogP contribution in [0.3, 0.4) is 0 Å². The first kappa shape index (κ1) is 20.7. The minimum absolute atomic E-state index is 0.0429. The molecule has 5 rings (SSSR count). The Morgan fingerprint density at radius 3 is 2.81 bits per heavy atom. The number of piperidine rings is 1. The molecule has 0 saturated carbocycles. The molecule has 9 heteroatoms. The molecule has 5 atom stereocenters. The van der Waals surface area contributed by atoms with E-state index in [4.69, 9.17) is 20.7 Å². The van der Waals surface area contributed by atoms with Gasteiger partial charge in [-0.25, -0.2) is 9.50 Å². The van der Waals surface area contributed by atoms with Crippen molar-refractivity contribution >= 4 is 17.4 Å². The molecule has 5 heterocycles. The van der Waals surface area contributed by atoms with Crippen molar-refractivity contribution in [2.45, 2.75) is 70.7 Å². The summed E-state index contributed by atoms with van der Waals surface area (Å²) in [6, 6.07) is 2.36. The Labute approximate surface area is 182 Å². The van der Waals surface area contributed by atoms with Crippen LogP contribution in [0.1, 0.15) is 56.8 Å². The summed E-state index contributed by atoms with van der Waals surface area (Å²) < 4.78 is 1.85. The van der Waals surface area contributed by atoms with E-state index < -0.39 is 6.10 Å². The van der Waals surface area contributed by atoms with E-state index in [0.29, 0.717) is 0 Å². The number of likely N-dealkylation sites (tertiary alicyclic amines) is 1. The van der Waals surface area contributed by atoms with Gasteiger partial charge in [-0.05, 0) is 39.5 Å². The maximum atomic E-state index is 13.4. The van der Waals surface area contributed by atoms with Gasteiger partial charge in [-0.15, -0.1) is 0 Å². The maximum absolute atomic E-state index is 13.4. The van der Waals surface area contributed by atoms with Gasteiger partial charge in [0.05, 0.1) is 11.7 Å². The van der Waals surface area contributed by atoms with Gasteiger partial charge in [0.1, 0.15) is 5.82 Å². The third-order valence-corrected chi connectivity index (χ3v) is 7.17. The van der Waals surface area contributed by atoms with Gasteiger partial charge in [0.25, 0.3) is 5.91 Å². The van der Waals surface area contributed by atoms with E-state index in [9.17, 15) is 4.79 Å². The molecule has 31 heavy (non-hydrogen) atoms. The average molecular weight is 428 g/mol. The number of anilines is 1. The lowest BCUT2D eigenvalue weighted by molar-refractivity contribution is -0.149. The third kappa shape index (κ3) is 3.68. The van der Waals surface area contributed by atoms with E-state index in [2.05, 4.69) is 24.2 Å². The molecule has 0 bridgehead atoms. The lowest BCUT2D eigenvalue weighted by atomic mass is 9.94. The number of carbonyl (C=O) groups excluding carboxylic acids is 1. The Morgan fingerprint density at radius 2 is 2.10 bits per heavy atom. The number of aromatic nitrogens is 3. The molecule has 9 nitrogen and oxygen atoms in total. The molecule has 0 spiro atoms. The first-order valence-electron chi connectivity index (χ1n) is 11.5. The van der Waals surface area contributed by atoms with Crippen LogP contribution in [0.25, 0.3) is 5.65 Å². The minimum atomic E-state index is -0.445. The molecule has 2 aromatic heterocycles. The fraction of sp³-hybridized carbons (Fsp3) is 0.682. The number of rotatable bonds is 3. The predicted octanol–water partition coefficient (Wildman–Crippen LogP) is 1.56. The molecule has 1 amide bonds. The number of fused-ring (bicyclic) bond motifs is 1. The van der Waals surface area contributed by atoms with Crippen molar-refractivity contribution in [1.29, 1.82) is 0 Å². The van der Waals surface area contributed by atoms with Crippen LogP contribution in [0.15, 0.2) is 12.3 Å². The molecule has 3 aliphatic rings. The Kier molecular flexibility index (Phi) is 5.35. The summed E-state index contributed by atoms with van der Waals surface area (Å²) >= 11 is 0. The lowest BCUT2D eigenvalue weighted by Crippen LogP contribution is -2.46. The number of hydrogen-bond donors (Lipinski definition) is 2. The SMILES string of the molecule is Cc1cn2nc([C@@H]3CCCCN3C(=O)C3ONC(C)C3C)cc2nc1N1CC[C@H](N)C1.